The Morgan fingerprint density at radius 1 is 1.30 bits per heavy atom. The van der Waals surface area contributed by atoms with Gasteiger partial charge in [-0.15, -0.1) is 0 Å². The summed E-state index contributed by atoms with van der Waals surface area (Å²) in [6.45, 7) is 1.89. The summed E-state index contributed by atoms with van der Waals surface area (Å²) in [6, 6.07) is 8.04. The Hall–Kier alpha value is -2.47. The van der Waals surface area contributed by atoms with Gasteiger partial charge in [0.2, 0.25) is 0 Å². The molecule has 0 aliphatic carbocycles. The van der Waals surface area contributed by atoms with Gasteiger partial charge >= 0.3 is 0 Å². The van der Waals surface area contributed by atoms with E-state index in [1.165, 1.54) is 12.1 Å². The number of halogens is 1. The van der Waals surface area contributed by atoms with Gasteiger partial charge in [-0.25, -0.2) is 4.98 Å². The number of aromatic amines is 1. The third kappa shape index (κ3) is 2.00. The molecule has 1 N–H and O–H groups in total. The van der Waals surface area contributed by atoms with Crippen LogP contribution in [0.15, 0.2) is 30.3 Å². The fraction of sp³-hybridized carbons (Fsp3) is 0.0769. The Labute approximate surface area is 118 Å². The molecule has 0 aliphatic rings. The summed E-state index contributed by atoms with van der Waals surface area (Å²) in [7, 11) is 0. The Bertz CT molecular complexity index is 811. The minimum atomic E-state index is -0.429. The molecule has 7 heteroatoms. The van der Waals surface area contributed by atoms with Gasteiger partial charge in [0, 0.05) is 23.2 Å². The largest absolute Gasteiger partial charge is 0.280 e. The number of aryl methyl sites for hydroxylation is 1. The van der Waals surface area contributed by atoms with E-state index < -0.39 is 4.92 Å². The quantitative estimate of drug-likeness (QED) is 0.444. The van der Waals surface area contributed by atoms with E-state index in [4.69, 9.17) is 11.6 Å². The van der Waals surface area contributed by atoms with Crippen molar-refractivity contribution < 1.29 is 4.92 Å². The molecule has 1 aromatic carbocycles. The molecule has 3 rings (SSSR count). The van der Waals surface area contributed by atoms with Crippen LogP contribution in [0, 0.1) is 17.0 Å². The second-order valence-corrected chi connectivity index (χ2v) is 4.73. The van der Waals surface area contributed by atoms with E-state index in [2.05, 4.69) is 15.2 Å². The molecular weight excluding hydrogens is 280 g/mol. The molecule has 0 saturated heterocycles. The third-order valence-corrected chi connectivity index (χ3v) is 3.26. The second kappa shape index (κ2) is 4.57. The maximum Gasteiger partial charge on any atom is 0.269 e. The minimum Gasteiger partial charge on any atom is -0.280 e. The number of nitro benzene ring substituents is 1. The van der Waals surface area contributed by atoms with Crippen molar-refractivity contribution in [1.29, 1.82) is 0 Å². The predicted octanol–water partition coefficient (Wildman–Crippen LogP) is 3.49. The molecule has 0 aliphatic heterocycles. The molecule has 6 nitrogen and oxygen atoms in total. The van der Waals surface area contributed by atoms with Gasteiger partial charge in [0.05, 0.1) is 4.92 Å². The first-order chi connectivity index (χ1) is 9.56. The number of aromatic nitrogens is 3. The smallest absolute Gasteiger partial charge is 0.269 e. The molecule has 2 heterocycles. The lowest BCUT2D eigenvalue weighted by Crippen LogP contribution is -1.89. The SMILES string of the molecule is Cc1[nH]nc2nc(Cl)cc(-c3ccc([N+](=O)[O-])cc3)c12. The molecule has 2 aromatic heterocycles. The van der Waals surface area contributed by atoms with Crippen molar-refractivity contribution in [1.82, 2.24) is 15.2 Å². The number of benzene rings is 1. The number of nitrogens with zero attached hydrogens (tertiary/aromatic N) is 3. The molecule has 0 radical (unpaired) electrons. The van der Waals surface area contributed by atoms with Crippen molar-refractivity contribution in [2.75, 3.05) is 0 Å². The number of nitro groups is 1. The summed E-state index contributed by atoms with van der Waals surface area (Å²) < 4.78 is 0. The van der Waals surface area contributed by atoms with Gasteiger partial charge in [-0.2, -0.15) is 5.10 Å². The van der Waals surface area contributed by atoms with E-state index in [1.54, 1.807) is 18.2 Å². The first kappa shape index (κ1) is 12.6. The lowest BCUT2D eigenvalue weighted by Gasteiger charge is -2.04. The summed E-state index contributed by atoms with van der Waals surface area (Å²) in [5, 5.41) is 18.8. The van der Waals surface area contributed by atoms with Crippen molar-refractivity contribution in [3.8, 4) is 11.1 Å². The number of nitrogens with one attached hydrogen (secondary N) is 1. The van der Waals surface area contributed by atoms with Crippen molar-refractivity contribution >= 4 is 28.3 Å². The van der Waals surface area contributed by atoms with Crippen LogP contribution in [-0.4, -0.2) is 20.1 Å². The van der Waals surface area contributed by atoms with E-state index in [0.717, 1.165) is 22.2 Å². The molecule has 0 saturated carbocycles. The minimum absolute atomic E-state index is 0.0501. The number of non-ortho nitro benzene ring substituents is 1. The predicted molar refractivity (Wildman–Crippen MR) is 75.7 cm³/mol. The van der Waals surface area contributed by atoms with Crippen LogP contribution in [0.3, 0.4) is 0 Å². The lowest BCUT2D eigenvalue weighted by atomic mass is 10.0. The monoisotopic (exact) mass is 288 g/mol. The van der Waals surface area contributed by atoms with Crippen molar-refractivity contribution in [3.05, 3.63) is 51.3 Å². The van der Waals surface area contributed by atoms with E-state index in [1.807, 2.05) is 6.92 Å². The number of hydrogen-bond acceptors (Lipinski definition) is 4. The maximum atomic E-state index is 10.7. The lowest BCUT2D eigenvalue weighted by molar-refractivity contribution is -0.384. The fourth-order valence-corrected chi connectivity index (χ4v) is 2.32. The van der Waals surface area contributed by atoms with Gasteiger partial charge in [-0.1, -0.05) is 11.6 Å². The first-order valence-corrected chi connectivity index (χ1v) is 6.20. The van der Waals surface area contributed by atoms with Crippen molar-refractivity contribution in [3.63, 3.8) is 0 Å². The first-order valence-electron chi connectivity index (χ1n) is 5.82. The highest BCUT2D eigenvalue weighted by Crippen LogP contribution is 2.32. The molecule has 100 valence electrons. The van der Waals surface area contributed by atoms with Crippen molar-refractivity contribution in [2.24, 2.45) is 0 Å². The fourth-order valence-electron chi connectivity index (χ4n) is 2.13. The highest BCUT2D eigenvalue weighted by molar-refractivity contribution is 6.30. The third-order valence-electron chi connectivity index (χ3n) is 3.06. The number of H-pyrrole nitrogens is 1. The molecular formula is C13H9ClN4O2. The second-order valence-electron chi connectivity index (χ2n) is 4.34. The zero-order valence-corrected chi connectivity index (χ0v) is 11.2. The topological polar surface area (TPSA) is 84.7 Å². The molecule has 0 fully saturated rings. The molecule has 0 atom stereocenters. The molecule has 3 aromatic rings. The van der Waals surface area contributed by atoms with Crippen LogP contribution >= 0.6 is 11.6 Å². The normalized spacial score (nSPS) is 10.9. The van der Waals surface area contributed by atoms with E-state index >= 15 is 0 Å². The van der Waals surface area contributed by atoms with Crippen LogP contribution in [0.4, 0.5) is 5.69 Å². The van der Waals surface area contributed by atoms with Gasteiger partial charge < -0.3 is 0 Å². The molecule has 0 bridgehead atoms. The Morgan fingerprint density at radius 3 is 2.65 bits per heavy atom. The number of hydrogen-bond donors (Lipinski definition) is 1. The van der Waals surface area contributed by atoms with Crippen LogP contribution in [0.5, 0.6) is 0 Å². The average Bonchev–Trinajstić information content (AvgIpc) is 2.79. The van der Waals surface area contributed by atoms with Gasteiger partial charge in [0.1, 0.15) is 5.15 Å². The summed E-state index contributed by atoms with van der Waals surface area (Å²) in [4.78, 5) is 14.4. The van der Waals surface area contributed by atoms with Crippen LogP contribution in [0.25, 0.3) is 22.2 Å². The van der Waals surface area contributed by atoms with Crippen LogP contribution < -0.4 is 0 Å². The van der Waals surface area contributed by atoms with Crippen LogP contribution in [0.2, 0.25) is 5.15 Å². The van der Waals surface area contributed by atoms with E-state index in [-0.39, 0.29) is 5.69 Å². The zero-order chi connectivity index (χ0) is 14.3. The molecule has 0 amide bonds. The molecule has 0 unspecified atom stereocenters. The summed E-state index contributed by atoms with van der Waals surface area (Å²) in [6.07, 6.45) is 0. The average molecular weight is 289 g/mol. The molecule has 20 heavy (non-hydrogen) atoms. The van der Waals surface area contributed by atoms with E-state index in [9.17, 15) is 10.1 Å². The zero-order valence-electron chi connectivity index (χ0n) is 10.4. The van der Waals surface area contributed by atoms with Gasteiger partial charge in [0.25, 0.3) is 5.69 Å². The highest BCUT2D eigenvalue weighted by atomic mass is 35.5. The Morgan fingerprint density at radius 2 is 2.00 bits per heavy atom. The Balaban J connectivity index is 2.23. The van der Waals surface area contributed by atoms with Gasteiger partial charge in [-0.05, 0) is 36.2 Å². The summed E-state index contributed by atoms with van der Waals surface area (Å²) in [5.41, 5.74) is 3.13. The number of rotatable bonds is 2. The summed E-state index contributed by atoms with van der Waals surface area (Å²) in [5.74, 6) is 0. The van der Waals surface area contributed by atoms with Gasteiger partial charge in [0.15, 0.2) is 5.65 Å². The molecule has 0 spiro atoms. The van der Waals surface area contributed by atoms with Crippen molar-refractivity contribution in [2.45, 2.75) is 6.92 Å². The maximum absolute atomic E-state index is 10.7. The number of fused-ring (bicyclic) bond motifs is 1. The van der Waals surface area contributed by atoms with E-state index in [0.29, 0.717) is 10.8 Å². The number of pyridine rings is 1. The summed E-state index contributed by atoms with van der Waals surface area (Å²) >= 11 is 5.99. The van der Waals surface area contributed by atoms with Crippen LogP contribution in [-0.2, 0) is 0 Å². The van der Waals surface area contributed by atoms with Gasteiger partial charge in [-0.3, -0.25) is 15.2 Å². The Kier molecular flexibility index (Phi) is 2.87. The highest BCUT2D eigenvalue weighted by Gasteiger charge is 2.13. The van der Waals surface area contributed by atoms with Crippen LogP contribution in [0.1, 0.15) is 5.69 Å². The standard InChI is InChI=1S/C13H9ClN4O2/c1-7-12-10(6-11(14)15-13(12)17-16-7)8-2-4-9(5-3-8)18(19)20/h2-6H,1H3,(H,15,16,17).